The van der Waals surface area contributed by atoms with Gasteiger partial charge in [0.2, 0.25) is 5.76 Å². The number of benzene rings is 1. The predicted molar refractivity (Wildman–Crippen MR) is 78.6 cm³/mol. The highest BCUT2D eigenvalue weighted by Gasteiger charge is 2.31. The molecule has 1 aliphatic heterocycles. The van der Waals surface area contributed by atoms with Gasteiger partial charge in [-0.2, -0.15) is 0 Å². The Morgan fingerprint density at radius 2 is 2.18 bits per heavy atom. The first-order valence-electron chi connectivity index (χ1n) is 7.06. The van der Waals surface area contributed by atoms with Crippen LogP contribution >= 0.6 is 0 Å². The van der Waals surface area contributed by atoms with Crippen LogP contribution in [0.15, 0.2) is 34.9 Å². The average molecular weight is 300 g/mol. The molecule has 22 heavy (non-hydrogen) atoms. The minimum Gasteiger partial charge on any atom is -0.450 e. The smallest absolute Gasteiger partial charge is 0.377 e. The Morgan fingerprint density at radius 3 is 2.91 bits per heavy atom. The van der Waals surface area contributed by atoms with Crippen LogP contribution in [-0.4, -0.2) is 29.7 Å². The summed E-state index contributed by atoms with van der Waals surface area (Å²) in [6.45, 7) is 3.35. The van der Waals surface area contributed by atoms with Gasteiger partial charge in [-0.15, -0.1) is 0 Å². The van der Waals surface area contributed by atoms with E-state index in [1.54, 1.807) is 11.8 Å². The maximum atomic E-state index is 12.4. The lowest BCUT2D eigenvalue weighted by Crippen LogP contribution is -2.38. The molecule has 0 unspecified atom stereocenters. The summed E-state index contributed by atoms with van der Waals surface area (Å²) in [7, 11) is 0. The molecule has 1 amide bonds. The van der Waals surface area contributed by atoms with Gasteiger partial charge < -0.3 is 14.2 Å². The zero-order valence-electron chi connectivity index (χ0n) is 12.4. The highest BCUT2D eigenvalue weighted by atomic mass is 16.6. The molecule has 6 heteroatoms. The molecule has 1 atom stereocenters. The molecule has 0 saturated heterocycles. The first-order chi connectivity index (χ1) is 10.6. The molecule has 0 bridgehead atoms. The van der Waals surface area contributed by atoms with E-state index in [4.69, 9.17) is 9.26 Å². The first-order valence-corrected chi connectivity index (χ1v) is 7.06. The lowest BCUT2D eigenvalue weighted by Gasteiger charge is -2.22. The summed E-state index contributed by atoms with van der Waals surface area (Å²) >= 11 is 0. The summed E-state index contributed by atoms with van der Waals surface area (Å²) in [4.78, 5) is 25.8. The highest BCUT2D eigenvalue weighted by Crippen LogP contribution is 2.31. The van der Waals surface area contributed by atoms with E-state index in [0.29, 0.717) is 5.69 Å². The molecule has 0 fully saturated rings. The van der Waals surface area contributed by atoms with Gasteiger partial charge >= 0.3 is 5.97 Å². The summed E-state index contributed by atoms with van der Waals surface area (Å²) < 4.78 is 9.83. The van der Waals surface area contributed by atoms with Crippen LogP contribution in [0.25, 0.3) is 0 Å². The fraction of sp³-hybridized carbons (Fsp3) is 0.312. The van der Waals surface area contributed by atoms with E-state index in [1.165, 1.54) is 6.07 Å². The van der Waals surface area contributed by atoms with Crippen LogP contribution in [-0.2, 0) is 16.0 Å². The number of hydrogen-bond donors (Lipinski definition) is 0. The normalized spacial score (nSPS) is 16.5. The molecular formula is C16H16N2O4. The molecule has 3 rings (SSSR count). The lowest BCUT2D eigenvalue weighted by atomic mass is 10.1. The molecule has 6 nitrogen and oxygen atoms in total. The lowest BCUT2D eigenvalue weighted by molar-refractivity contribution is -0.122. The van der Waals surface area contributed by atoms with Crippen molar-refractivity contribution in [3.05, 3.63) is 47.3 Å². The van der Waals surface area contributed by atoms with Crippen molar-refractivity contribution in [2.45, 2.75) is 26.3 Å². The zero-order valence-corrected chi connectivity index (χ0v) is 12.4. The minimum absolute atomic E-state index is 0.000158. The van der Waals surface area contributed by atoms with Crippen molar-refractivity contribution < 1.29 is 18.8 Å². The topological polar surface area (TPSA) is 72.6 Å². The van der Waals surface area contributed by atoms with Crippen molar-refractivity contribution in [3.8, 4) is 0 Å². The number of anilines is 1. The molecule has 0 radical (unpaired) electrons. The second kappa shape index (κ2) is 5.63. The number of nitrogens with zero attached hydrogens (tertiary/aromatic N) is 2. The van der Waals surface area contributed by atoms with Crippen molar-refractivity contribution in [1.82, 2.24) is 5.16 Å². The Kier molecular flexibility index (Phi) is 3.66. The van der Waals surface area contributed by atoms with Crippen molar-refractivity contribution in [1.29, 1.82) is 0 Å². The molecule has 0 spiro atoms. The molecule has 0 N–H and O–H groups in total. The average Bonchev–Trinajstić information content (AvgIpc) is 3.07. The van der Waals surface area contributed by atoms with Crippen LogP contribution < -0.4 is 4.90 Å². The molecule has 114 valence electrons. The van der Waals surface area contributed by atoms with Crippen molar-refractivity contribution >= 4 is 17.6 Å². The van der Waals surface area contributed by atoms with E-state index in [-0.39, 0.29) is 24.3 Å². The molecule has 1 aromatic carbocycles. The Morgan fingerprint density at radius 1 is 1.41 bits per heavy atom. The van der Waals surface area contributed by atoms with E-state index in [1.807, 2.05) is 31.2 Å². The Balaban J connectivity index is 1.66. The van der Waals surface area contributed by atoms with Gasteiger partial charge in [0.15, 0.2) is 6.61 Å². The summed E-state index contributed by atoms with van der Waals surface area (Å²) in [5, 5.41) is 3.61. The van der Waals surface area contributed by atoms with Crippen LogP contribution in [0.2, 0.25) is 0 Å². The number of aromatic nitrogens is 1. The maximum absolute atomic E-state index is 12.4. The standard InChI is InChI=1S/C16H16N2O4/c1-10-7-14(22-17-10)16(20)21-9-15(19)18-11(2)8-12-5-3-4-6-13(12)18/h3-7,11H,8-9H2,1-2H3/t11-/m1/s1. The number of amides is 1. The van der Waals surface area contributed by atoms with Crippen LogP contribution in [0.4, 0.5) is 5.69 Å². The summed E-state index contributed by atoms with van der Waals surface area (Å²) in [6, 6.07) is 9.27. The molecule has 1 aliphatic rings. The molecule has 1 aromatic heterocycles. The molecule has 0 aliphatic carbocycles. The predicted octanol–water partition coefficient (Wildman–Crippen LogP) is 2.12. The quantitative estimate of drug-likeness (QED) is 0.812. The van der Waals surface area contributed by atoms with Gasteiger partial charge in [0, 0.05) is 17.8 Å². The van der Waals surface area contributed by atoms with E-state index in [9.17, 15) is 9.59 Å². The zero-order chi connectivity index (χ0) is 15.7. The summed E-state index contributed by atoms with van der Waals surface area (Å²) in [5.41, 5.74) is 2.59. The molecule has 2 heterocycles. The van der Waals surface area contributed by atoms with Gasteiger partial charge in [-0.3, -0.25) is 4.79 Å². The fourth-order valence-corrected chi connectivity index (χ4v) is 2.67. The monoisotopic (exact) mass is 300 g/mol. The molecular weight excluding hydrogens is 284 g/mol. The third-order valence-corrected chi connectivity index (χ3v) is 3.63. The Bertz CT molecular complexity index is 722. The third kappa shape index (κ3) is 2.59. The largest absolute Gasteiger partial charge is 0.450 e. The van der Waals surface area contributed by atoms with Gasteiger partial charge in [0.05, 0.1) is 5.69 Å². The second-order valence-corrected chi connectivity index (χ2v) is 5.35. The first kappa shape index (κ1) is 14.3. The van der Waals surface area contributed by atoms with E-state index in [0.717, 1.165) is 17.7 Å². The van der Waals surface area contributed by atoms with Gasteiger partial charge in [0.25, 0.3) is 5.91 Å². The third-order valence-electron chi connectivity index (χ3n) is 3.63. The van der Waals surface area contributed by atoms with Crippen LogP contribution in [0.5, 0.6) is 0 Å². The number of carbonyl (C=O) groups excluding carboxylic acids is 2. The van der Waals surface area contributed by atoms with Crippen LogP contribution in [0.3, 0.4) is 0 Å². The van der Waals surface area contributed by atoms with Crippen molar-refractivity contribution in [2.75, 3.05) is 11.5 Å². The van der Waals surface area contributed by atoms with Gasteiger partial charge in [0.1, 0.15) is 0 Å². The molecule has 0 saturated carbocycles. The van der Waals surface area contributed by atoms with E-state index in [2.05, 4.69) is 5.16 Å². The van der Waals surface area contributed by atoms with Gasteiger partial charge in [-0.1, -0.05) is 23.4 Å². The van der Waals surface area contributed by atoms with Crippen molar-refractivity contribution in [3.63, 3.8) is 0 Å². The SMILES string of the molecule is Cc1cc(C(=O)OCC(=O)N2c3ccccc3C[C@H]2C)on1. The van der Waals surface area contributed by atoms with Gasteiger partial charge in [-0.25, -0.2) is 4.79 Å². The number of fused-ring (bicyclic) bond motifs is 1. The van der Waals surface area contributed by atoms with Crippen molar-refractivity contribution in [2.24, 2.45) is 0 Å². The number of para-hydroxylation sites is 1. The molecule has 2 aromatic rings. The number of hydrogen-bond acceptors (Lipinski definition) is 5. The number of rotatable bonds is 3. The highest BCUT2D eigenvalue weighted by molar-refractivity contribution is 5.98. The van der Waals surface area contributed by atoms with Crippen LogP contribution in [0.1, 0.15) is 28.7 Å². The summed E-state index contributed by atoms with van der Waals surface area (Å²) in [5.74, 6) is -0.934. The van der Waals surface area contributed by atoms with Gasteiger partial charge in [-0.05, 0) is 31.9 Å². The van der Waals surface area contributed by atoms with E-state index < -0.39 is 5.97 Å². The van der Waals surface area contributed by atoms with Crippen LogP contribution in [0, 0.1) is 6.92 Å². The second-order valence-electron chi connectivity index (χ2n) is 5.35. The Hall–Kier alpha value is -2.63. The number of esters is 1. The fourth-order valence-electron chi connectivity index (χ4n) is 2.67. The number of carbonyl (C=O) groups is 2. The number of ether oxygens (including phenoxy) is 1. The minimum atomic E-state index is -0.686. The maximum Gasteiger partial charge on any atom is 0.377 e. The summed E-state index contributed by atoms with van der Waals surface area (Å²) in [6.07, 6.45) is 0.803. The van der Waals surface area contributed by atoms with E-state index >= 15 is 0 Å². The Labute approximate surface area is 127 Å². The number of aryl methyl sites for hydroxylation is 1.